The summed E-state index contributed by atoms with van der Waals surface area (Å²) in [5.74, 6) is 2.10. The molecule has 0 spiro atoms. The molecule has 0 unspecified atom stereocenters. The van der Waals surface area contributed by atoms with E-state index < -0.39 is 0 Å². The third-order valence-electron chi connectivity index (χ3n) is 4.34. The molecule has 27 heavy (non-hydrogen) atoms. The molecule has 1 aromatic heterocycles. The Morgan fingerprint density at radius 1 is 0.889 bits per heavy atom. The molecule has 1 N–H and O–H groups in total. The van der Waals surface area contributed by atoms with Crippen molar-refractivity contribution >= 4 is 28.5 Å². The van der Waals surface area contributed by atoms with Crippen LogP contribution in [0.15, 0.2) is 48.5 Å². The Labute approximate surface area is 163 Å². The van der Waals surface area contributed by atoms with Crippen LogP contribution in [0.4, 0.5) is 5.82 Å². The predicted molar refractivity (Wildman–Crippen MR) is 107 cm³/mol. The van der Waals surface area contributed by atoms with Gasteiger partial charge in [0.25, 0.3) is 5.88 Å². The molecule has 0 saturated carbocycles. The quantitative estimate of drug-likeness (QED) is 0.659. The maximum atomic E-state index is 5.96. The van der Waals surface area contributed by atoms with Crippen molar-refractivity contribution in [2.45, 2.75) is 0 Å². The summed E-state index contributed by atoms with van der Waals surface area (Å²) in [5, 5.41) is 4.04. The number of halogens is 1. The van der Waals surface area contributed by atoms with Crippen molar-refractivity contribution in [2.24, 2.45) is 0 Å². The van der Waals surface area contributed by atoms with Crippen LogP contribution in [0.3, 0.4) is 0 Å². The highest BCUT2D eigenvalue weighted by Gasteiger charge is 2.19. The van der Waals surface area contributed by atoms with Gasteiger partial charge in [0.15, 0.2) is 5.82 Å². The van der Waals surface area contributed by atoms with Crippen molar-refractivity contribution in [3.05, 3.63) is 53.6 Å². The molecule has 0 atom stereocenters. The lowest BCUT2D eigenvalue weighted by atomic mass is 10.3. The van der Waals surface area contributed by atoms with Gasteiger partial charge in [-0.25, -0.2) is 9.97 Å². The molecule has 140 valence electrons. The predicted octanol–water partition coefficient (Wildman–Crippen LogP) is 3.15. The second-order valence-corrected chi connectivity index (χ2v) is 6.67. The lowest BCUT2D eigenvalue weighted by molar-refractivity contribution is 0.212. The fourth-order valence-electron chi connectivity index (χ4n) is 2.98. The topological polar surface area (TPSA) is 59.5 Å². The third-order valence-corrected chi connectivity index (χ3v) is 4.59. The molecule has 2 heterocycles. The van der Waals surface area contributed by atoms with Gasteiger partial charge in [-0.1, -0.05) is 23.7 Å². The van der Waals surface area contributed by atoms with Gasteiger partial charge >= 0.3 is 0 Å². The van der Waals surface area contributed by atoms with Crippen LogP contribution < -0.4 is 19.7 Å². The maximum absolute atomic E-state index is 5.96. The first-order chi connectivity index (χ1) is 13.3. The zero-order chi connectivity index (χ0) is 18.5. The number of nitrogens with zero attached hydrogens (tertiary/aromatic N) is 3. The highest BCUT2D eigenvalue weighted by Crippen LogP contribution is 2.27. The molecule has 4 rings (SSSR count). The largest absolute Gasteiger partial charge is 0.490 e. The van der Waals surface area contributed by atoms with Gasteiger partial charge in [0.05, 0.1) is 11.0 Å². The summed E-state index contributed by atoms with van der Waals surface area (Å²) in [4.78, 5) is 11.7. The number of fused-ring (bicyclic) bond motifs is 1. The van der Waals surface area contributed by atoms with Crippen molar-refractivity contribution in [3.8, 4) is 11.6 Å². The second-order valence-electron chi connectivity index (χ2n) is 6.23. The van der Waals surface area contributed by atoms with Gasteiger partial charge < -0.3 is 19.7 Å². The van der Waals surface area contributed by atoms with Crippen molar-refractivity contribution in [2.75, 3.05) is 44.3 Å². The van der Waals surface area contributed by atoms with Crippen LogP contribution in [0, 0.1) is 0 Å². The minimum Gasteiger partial charge on any atom is -0.490 e. The lowest BCUT2D eigenvalue weighted by Crippen LogP contribution is -2.44. The molecule has 2 aromatic carbocycles. The monoisotopic (exact) mass is 384 g/mol. The van der Waals surface area contributed by atoms with Gasteiger partial charge in [0, 0.05) is 31.2 Å². The Hall–Kier alpha value is -2.57. The van der Waals surface area contributed by atoms with Gasteiger partial charge in [0.2, 0.25) is 0 Å². The number of rotatable bonds is 6. The van der Waals surface area contributed by atoms with E-state index in [2.05, 4.69) is 15.2 Å². The van der Waals surface area contributed by atoms with Crippen LogP contribution in [0.25, 0.3) is 11.0 Å². The fourth-order valence-corrected chi connectivity index (χ4v) is 3.11. The van der Waals surface area contributed by atoms with E-state index in [9.17, 15) is 0 Å². The van der Waals surface area contributed by atoms with Gasteiger partial charge in [0.1, 0.15) is 19.0 Å². The van der Waals surface area contributed by atoms with E-state index in [-0.39, 0.29) is 0 Å². The molecule has 6 nitrogen and oxygen atoms in total. The molecule has 0 bridgehead atoms. The van der Waals surface area contributed by atoms with Crippen LogP contribution in [0.2, 0.25) is 5.02 Å². The summed E-state index contributed by atoms with van der Waals surface area (Å²) in [5.41, 5.74) is 1.70. The van der Waals surface area contributed by atoms with E-state index in [0.717, 1.165) is 48.8 Å². The Balaban J connectivity index is 1.47. The first-order valence-corrected chi connectivity index (χ1v) is 9.41. The summed E-state index contributed by atoms with van der Waals surface area (Å²) in [6.45, 7) is 4.41. The summed E-state index contributed by atoms with van der Waals surface area (Å²) in [6, 6.07) is 15.1. The number of anilines is 1. The Bertz CT molecular complexity index is 898. The van der Waals surface area contributed by atoms with Crippen molar-refractivity contribution in [1.82, 2.24) is 15.3 Å². The molecule has 1 fully saturated rings. The number of para-hydroxylation sites is 2. The summed E-state index contributed by atoms with van der Waals surface area (Å²) >= 11 is 5.89. The molecule has 0 amide bonds. The number of benzene rings is 2. The van der Waals surface area contributed by atoms with E-state index >= 15 is 0 Å². The van der Waals surface area contributed by atoms with Crippen LogP contribution in [-0.4, -0.2) is 49.4 Å². The molecular formula is C20H21ClN4O2. The van der Waals surface area contributed by atoms with Crippen molar-refractivity contribution in [3.63, 3.8) is 0 Å². The Morgan fingerprint density at radius 3 is 2.30 bits per heavy atom. The number of ether oxygens (including phenoxy) is 2. The van der Waals surface area contributed by atoms with Crippen molar-refractivity contribution in [1.29, 1.82) is 0 Å². The van der Waals surface area contributed by atoms with E-state index in [1.165, 1.54) is 0 Å². The van der Waals surface area contributed by atoms with Crippen molar-refractivity contribution < 1.29 is 9.47 Å². The van der Waals surface area contributed by atoms with Crippen LogP contribution in [0.5, 0.6) is 11.6 Å². The fraction of sp³-hybridized carbons (Fsp3) is 0.300. The zero-order valence-electron chi connectivity index (χ0n) is 14.9. The number of aromatic nitrogens is 2. The van der Waals surface area contributed by atoms with E-state index in [1.807, 2.05) is 36.4 Å². The first kappa shape index (κ1) is 17.8. The second kappa shape index (κ2) is 8.41. The normalized spacial score (nSPS) is 14.3. The first-order valence-electron chi connectivity index (χ1n) is 9.03. The smallest absolute Gasteiger partial charge is 0.258 e. The molecule has 1 aliphatic rings. The van der Waals surface area contributed by atoms with Gasteiger partial charge in [-0.05, 0) is 36.4 Å². The van der Waals surface area contributed by atoms with E-state index in [1.54, 1.807) is 12.1 Å². The summed E-state index contributed by atoms with van der Waals surface area (Å²) in [6.07, 6.45) is 0. The molecule has 1 aliphatic heterocycles. The minimum absolute atomic E-state index is 0.384. The van der Waals surface area contributed by atoms with Crippen LogP contribution in [0.1, 0.15) is 0 Å². The summed E-state index contributed by atoms with van der Waals surface area (Å²) < 4.78 is 11.7. The molecule has 0 aliphatic carbocycles. The molecule has 7 heteroatoms. The number of nitrogens with one attached hydrogen (secondary N) is 1. The summed E-state index contributed by atoms with van der Waals surface area (Å²) in [7, 11) is 0. The highest BCUT2D eigenvalue weighted by molar-refractivity contribution is 6.30. The highest BCUT2D eigenvalue weighted by atomic mass is 35.5. The third kappa shape index (κ3) is 4.40. The standard InChI is InChI=1S/C20H21ClN4O2/c21-15-5-7-16(8-6-15)26-13-14-27-20-19(25-11-9-22-10-12-25)23-17-3-1-2-4-18(17)24-20/h1-8,22H,9-14H2. The zero-order valence-corrected chi connectivity index (χ0v) is 15.7. The van der Waals surface area contributed by atoms with E-state index in [4.69, 9.17) is 26.1 Å². The average Bonchev–Trinajstić information content (AvgIpc) is 2.72. The number of hydrogen-bond donors (Lipinski definition) is 1. The van der Waals surface area contributed by atoms with E-state index in [0.29, 0.717) is 24.1 Å². The average molecular weight is 385 g/mol. The number of hydrogen-bond acceptors (Lipinski definition) is 6. The van der Waals surface area contributed by atoms with Gasteiger partial charge in [-0.2, -0.15) is 0 Å². The molecule has 3 aromatic rings. The molecular weight excluding hydrogens is 364 g/mol. The SMILES string of the molecule is Clc1ccc(OCCOc2nc3ccccc3nc2N2CCNCC2)cc1. The van der Waals surface area contributed by atoms with Gasteiger partial charge in [-0.3, -0.25) is 0 Å². The van der Waals surface area contributed by atoms with Gasteiger partial charge in [-0.15, -0.1) is 0 Å². The minimum atomic E-state index is 0.384. The maximum Gasteiger partial charge on any atom is 0.258 e. The van der Waals surface area contributed by atoms with Crippen LogP contribution >= 0.6 is 11.6 Å². The lowest BCUT2D eigenvalue weighted by Gasteiger charge is -2.29. The Kier molecular flexibility index (Phi) is 5.55. The molecule has 0 radical (unpaired) electrons. The number of piperazine rings is 1. The molecule has 1 saturated heterocycles. The van der Waals surface area contributed by atoms with Crippen LogP contribution in [-0.2, 0) is 0 Å². The Morgan fingerprint density at radius 2 is 1.56 bits per heavy atom.